The van der Waals surface area contributed by atoms with Crippen molar-refractivity contribution in [2.24, 2.45) is 0 Å². The van der Waals surface area contributed by atoms with Gasteiger partial charge in [0, 0.05) is 53.4 Å². The standard InChI is InChI=1S/C40H24N2S/c1-2-9-26(10-3-1)42-35-22-25(24-17-19-28-27-11-4-6-15-33(27)41-34(28)21-24)18-20-31(35)39-32-14-8-13-30-29-12-5-7-16-37(29)43-38(40(30)32)23-36(39)42/h1-23,41H. The summed E-state index contributed by atoms with van der Waals surface area (Å²) in [5.41, 5.74) is 11.1. The molecule has 0 fully saturated rings. The van der Waals surface area contributed by atoms with E-state index in [1.165, 1.54) is 92.1 Å². The lowest BCUT2D eigenvalue weighted by Gasteiger charge is -2.21. The minimum absolute atomic E-state index is 1.17. The highest BCUT2D eigenvalue weighted by atomic mass is 32.2. The molecule has 0 amide bonds. The molecule has 1 aliphatic rings. The van der Waals surface area contributed by atoms with Gasteiger partial charge in [0.15, 0.2) is 0 Å². The zero-order valence-electron chi connectivity index (χ0n) is 23.1. The monoisotopic (exact) mass is 564 g/mol. The Hall–Kier alpha value is -5.25. The fraction of sp³-hybridized carbons (Fsp3) is 0. The lowest BCUT2D eigenvalue weighted by molar-refractivity contribution is 1.18. The average molecular weight is 565 g/mol. The molecule has 10 rings (SSSR count). The summed E-state index contributed by atoms with van der Waals surface area (Å²) in [6, 6.07) is 51.2. The lowest BCUT2D eigenvalue weighted by Crippen LogP contribution is -1.96. The molecule has 3 heterocycles. The second kappa shape index (κ2) is 8.64. The third kappa shape index (κ3) is 3.26. The fourth-order valence-electron chi connectivity index (χ4n) is 7.22. The maximum absolute atomic E-state index is 3.63. The van der Waals surface area contributed by atoms with Crippen LogP contribution < -0.4 is 0 Å². The van der Waals surface area contributed by atoms with Crippen molar-refractivity contribution >= 4 is 66.1 Å². The normalized spacial score (nSPS) is 12.6. The Kier molecular flexibility index (Phi) is 4.68. The van der Waals surface area contributed by atoms with Gasteiger partial charge in [-0.25, -0.2) is 0 Å². The first-order valence-corrected chi connectivity index (χ1v) is 15.5. The predicted molar refractivity (Wildman–Crippen MR) is 183 cm³/mol. The van der Waals surface area contributed by atoms with Crippen LogP contribution in [0, 0.1) is 0 Å². The van der Waals surface area contributed by atoms with Gasteiger partial charge in [-0.1, -0.05) is 109 Å². The SMILES string of the molecule is c1ccc(-n2c3cc(-c4ccc5c(c4)[nH]c4ccccc45)ccc3c3c4cccc5c4c(cc32)Sc2ccccc2-5)cc1. The molecule has 200 valence electrons. The molecule has 0 radical (unpaired) electrons. The Labute approximate surface area is 252 Å². The summed E-state index contributed by atoms with van der Waals surface area (Å²) in [6.07, 6.45) is 0. The summed E-state index contributed by atoms with van der Waals surface area (Å²) in [5, 5.41) is 7.80. The van der Waals surface area contributed by atoms with Crippen molar-refractivity contribution in [3.05, 3.63) is 140 Å². The first-order valence-electron chi connectivity index (χ1n) is 14.7. The van der Waals surface area contributed by atoms with Crippen LogP contribution in [-0.4, -0.2) is 9.55 Å². The molecule has 9 aromatic rings. The van der Waals surface area contributed by atoms with Gasteiger partial charge >= 0.3 is 0 Å². The lowest BCUT2D eigenvalue weighted by atomic mass is 9.94. The average Bonchev–Trinajstić information content (AvgIpc) is 3.60. The number of benzene rings is 7. The van der Waals surface area contributed by atoms with Gasteiger partial charge < -0.3 is 9.55 Å². The van der Waals surface area contributed by atoms with Crippen molar-refractivity contribution in [2.45, 2.75) is 9.79 Å². The molecule has 1 aliphatic heterocycles. The molecular formula is C40H24N2S. The summed E-state index contributed by atoms with van der Waals surface area (Å²) in [7, 11) is 0. The number of aromatic amines is 1. The molecular weight excluding hydrogens is 541 g/mol. The first-order chi connectivity index (χ1) is 21.3. The van der Waals surface area contributed by atoms with Gasteiger partial charge in [-0.2, -0.15) is 0 Å². The maximum atomic E-state index is 3.63. The largest absolute Gasteiger partial charge is 0.354 e. The highest BCUT2D eigenvalue weighted by Crippen LogP contribution is 2.51. The Balaban J connectivity index is 1.28. The van der Waals surface area contributed by atoms with Crippen molar-refractivity contribution in [1.82, 2.24) is 9.55 Å². The minimum atomic E-state index is 1.17. The number of hydrogen-bond donors (Lipinski definition) is 1. The van der Waals surface area contributed by atoms with Crippen molar-refractivity contribution in [3.8, 4) is 27.9 Å². The van der Waals surface area contributed by atoms with E-state index in [4.69, 9.17) is 0 Å². The van der Waals surface area contributed by atoms with Crippen LogP contribution in [0.25, 0.3) is 82.3 Å². The number of H-pyrrole nitrogens is 1. The van der Waals surface area contributed by atoms with E-state index in [1.807, 2.05) is 11.8 Å². The summed E-state index contributed by atoms with van der Waals surface area (Å²) in [4.78, 5) is 6.27. The van der Waals surface area contributed by atoms with Gasteiger partial charge in [-0.05, 0) is 70.1 Å². The van der Waals surface area contributed by atoms with Crippen molar-refractivity contribution in [1.29, 1.82) is 0 Å². The number of aromatic nitrogens is 2. The van der Waals surface area contributed by atoms with Gasteiger partial charge in [-0.15, -0.1) is 0 Å². The van der Waals surface area contributed by atoms with Crippen LogP contribution in [0.3, 0.4) is 0 Å². The second-order valence-electron chi connectivity index (χ2n) is 11.4. The van der Waals surface area contributed by atoms with E-state index in [2.05, 4.69) is 149 Å². The molecule has 0 spiro atoms. The Morgan fingerprint density at radius 3 is 2.09 bits per heavy atom. The zero-order chi connectivity index (χ0) is 28.1. The second-order valence-corrected chi connectivity index (χ2v) is 12.5. The van der Waals surface area contributed by atoms with Gasteiger partial charge in [0.05, 0.1) is 11.0 Å². The number of nitrogens with one attached hydrogen (secondary N) is 1. The highest BCUT2D eigenvalue weighted by Gasteiger charge is 2.24. The molecule has 0 saturated carbocycles. The van der Waals surface area contributed by atoms with Crippen LogP contribution in [0.5, 0.6) is 0 Å². The number of fused-ring (bicyclic) bond motifs is 9. The van der Waals surface area contributed by atoms with E-state index in [0.717, 1.165) is 0 Å². The number of nitrogens with zero attached hydrogens (tertiary/aromatic N) is 1. The van der Waals surface area contributed by atoms with Gasteiger partial charge in [0.25, 0.3) is 0 Å². The minimum Gasteiger partial charge on any atom is -0.354 e. The molecule has 0 aliphatic carbocycles. The topological polar surface area (TPSA) is 20.7 Å². The van der Waals surface area contributed by atoms with Crippen LogP contribution in [-0.2, 0) is 0 Å². The Bertz CT molecular complexity index is 2590. The Morgan fingerprint density at radius 1 is 0.442 bits per heavy atom. The molecule has 0 saturated heterocycles. The predicted octanol–water partition coefficient (Wildman–Crippen LogP) is 11.4. The number of rotatable bonds is 2. The molecule has 0 atom stereocenters. The summed E-state index contributed by atoms with van der Waals surface area (Å²) < 4.78 is 2.46. The van der Waals surface area contributed by atoms with E-state index in [9.17, 15) is 0 Å². The molecule has 0 unspecified atom stereocenters. The molecule has 3 heteroatoms. The van der Waals surface area contributed by atoms with Crippen LogP contribution in [0.1, 0.15) is 0 Å². The van der Waals surface area contributed by atoms with E-state index < -0.39 is 0 Å². The van der Waals surface area contributed by atoms with Crippen LogP contribution in [0.4, 0.5) is 0 Å². The van der Waals surface area contributed by atoms with E-state index in [-0.39, 0.29) is 0 Å². The molecule has 1 N–H and O–H groups in total. The number of para-hydroxylation sites is 2. The van der Waals surface area contributed by atoms with Gasteiger partial charge in [0.1, 0.15) is 0 Å². The molecule has 7 aromatic carbocycles. The summed E-state index contributed by atoms with van der Waals surface area (Å²) in [6.45, 7) is 0. The van der Waals surface area contributed by atoms with Gasteiger partial charge in [-0.3, -0.25) is 0 Å². The zero-order valence-corrected chi connectivity index (χ0v) is 24.0. The van der Waals surface area contributed by atoms with Crippen LogP contribution in [0.15, 0.2) is 149 Å². The van der Waals surface area contributed by atoms with Crippen molar-refractivity contribution < 1.29 is 0 Å². The summed E-state index contributed by atoms with van der Waals surface area (Å²) >= 11 is 1.89. The van der Waals surface area contributed by atoms with Gasteiger partial charge in [0.2, 0.25) is 0 Å². The van der Waals surface area contributed by atoms with Crippen molar-refractivity contribution in [3.63, 3.8) is 0 Å². The molecule has 43 heavy (non-hydrogen) atoms. The third-order valence-corrected chi connectivity index (χ3v) is 10.2. The van der Waals surface area contributed by atoms with E-state index >= 15 is 0 Å². The van der Waals surface area contributed by atoms with Crippen molar-refractivity contribution in [2.75, 3.05) is 0 Å². The van der Waals surface area contributed by atoms with E-state index in [1.54, 1.807) is 0 Å². The summed E-state index contributed by atoms with van der Waals surface area (Å²) in [5.74, 6) is 0. The maximum Gasteiger partial charge on any atom is 0.0558 e. The fourth-order valence-corrected chi connectivity index (χ4v) is 8.38. The van der Waals surface area contributed by atoms with Crippen LogP contribution in [0.2, 0.25) is 0 Å². The first kappa shape index (κ1) is 23.3. The van der Waals surface area contributed by atoms with Crippen LogP contribution >= 0.6 is 11.8 Å². The Morgan fingerprint density at radius 2 is 1.16 bits per heavy atom. The van der Waals surface area contributed by atoms with E-state index in [0.29, 0.717) is 0 Å². The quantitative estimate of drug-likeness (QED) is 0.221. The molecule has 2 nitrogen and oxygen atoms in total. The number of hydrogen-bond acceptors (Lipinski definition) is 1. The third-order valence-electron chi connectivity index (χ3n) is 9.10. The highest BCUT2D eigenvalue weighted by molar-refractivity contribution is 7.99. The molecule has 0 bridgehead atoms. The smallest absolute Gasteiger partial charge is 0.0558 e. The molecule has 2 aromatic heterocycles.